The third-order valence-electron chi connectivity index (χ3n) is 0.886. The van der Waals surface area contributed by atoms with Gasteiger partial charge in [-0.25, -0.2) is 0 Å². The van der Waals surface area contributed by atoms with Gasteiger partial charge in [-0.15, -0.1) is 11.6 Å². The molecule has 0 radical (unpaired) electrons. The molecule has 0 aromatic heterocycles. The lowest BCUT2D eigenvalue weighted by Gasteiger charge is -2.13. The Labute approximate surface area is 64.7 Å². The van der Waals surface area contributed by atoms with Crippen molar-refractivity contribution in [1.82, 2.24) is 4.90 Å². The lowest BCUT2D eigenvalue weighted by Crippen LogP contribution is -2.25. The highest BCUT2D eigenvalue weighted by atomic mass is 35.5. The highest BCUT2D eigenvalue weighted by Gasteiger charge is 2.05. The largest absolute Gasteiger partial charge is 0.317 e. The van der Waals surface area contributed by atoms with Gasteiger partial charge < -0.3 is 4.90 Å². The second kappa shape index (κ2) is 4.89. The molecule has 0 heterocycles. The van der Waals surface area contributed by atoms with Crippen molar-refractivity contribution in [2.24, 2.45) is 0 Å². The van der Waals surface area contributed by atoms with Crippen molar-refractivity contribution in [3.63, 3.8) is 0 Å². The molecule has 0 aliphatic heterocycles. The third kappa shape index (κ3) is 3.60. The molecule has 0 aromatic carbocycles. The Hall–Kier alpha value is 0.0500. The van der Waals surface area contributed by atoms with Crippen molar-refractivity contribution in [3.05, 3.63) is 0 Å². The van der Waals surface area contributed by atoms with Crippen LogP contribution in [-0.4, -0.2) is 22.8 Å². The fraction of sp³-hybridized carbons (Fsp3) is 0.800. The minimum absolute atomic E-state index is 0.177. The van der Waals surface area contributed by atoms with Crippen LogP contribution in [0.5, 0.6) is 0 Å². The van der Waals surface area contributed by atoms with Gasteiger partial charge in [-0.1, -0.05) is 6.92 Å². The molecule has 0 rings (SSSR count). The first kappa shape index (κ1) is 9.05. The molecule has 0 aliphatic rings. The van der Waals surface area contributed by atoms with Gasteiger partial charge in [0.05, 0.1) is 6.00 Å². The van der Waals surface area contributed by atoms with Gasteiger partial charge in [0.1, 0.15) is 0 Å². The van der Waals surface area contributed by atoms with Gasteiger partial charge in [0, 0.05) is 6.54 Å². The molecule has 2 nitrogen and oxygen atoms in total. The number of rotatable bonds is 3. The molecule has 0 spiro atoms. The van der Waals surface area contributed by atoms with Crippen molar-refractivity contribution in [2.45, 2.75) is 13.3 Å². The highest BCUT2D eigenvalue weighted by Crippen LogP contribution is 1.98. The van der Waals surface area contributed by atoms with E-state index in [2.05, 4.69) is 0 Å². The maximum atomic E-state index is 10.4. The van der Waals surface area contributed by atoms with E-state index in [1.54, 1.807) is 0 Å². The van der Waals surface area contributed by atoms with Crippen molar-refractivity contribution in [2.75, 3.05) is 12.5 Å². The number of hydrogen-bond acceptors (Lipinski definition) is 1. The van der Waals surface area contributed by atoms with Crippen LogP contribution in [0.15, 0.2) is 0 Å². The minimum atomic E-state index is -0.480. The Morgan fingerprint density at radius 1 is 1.67 bits per heavy atom. The van der Waals surface area contributed by atoms with Crippen molar-refractivity contribution < 1.29 is 4.79 Å². The van der Waals surface area contributed by atoms with Crippen LogP contribution >= 0.6 is 23.2 Å². The molecule has 4 heteroatoms. The van der Waals surface area contributed by atoms with Gasteiger partial charge in [0.15, 0.2) is 0 Å². The van der Waals surface area contributed by atoms with E-state index in [9.17, 15) is 4.79 Å². The summed E-state index contributed by atoms with van der Waals surface area (Å²) in [5.74, 6) is 0. The Bertz CT molecular complexity index is 97.0. The summed E-state index contributed by atoms with van der Waals surface area (Å²) in [5.41, 5.74) is 0. The molecule has 0 bridgehead atoms. The zero-order valence-corrected chi connectivity index (χ0v) is 6.74. The lowest BCUT2D eigenvalue weighted by atomic mass is 10.5. The Morgan fingerprint density at radius 2 is 2.22 bits per heavy atom. The average molecular weight is 170 g/mol. The predicted octanol–water partition coefficient (Wildman–Crippen LogP) is 2.25. The Balaban J connectivity index is 3.54. The smallest absolute Gasteiger partial charge is 0.316 e. The Morgan fingerprint density at radius 3 is 2.33 bits per heavy atom. The second-order valence-corrected chi connectivity index (χ2v) is 2.20. The zero-order valence-electron chi connectivity index (χ0n) is 5.23. The zero-order chi connectivity index (χ0) is 7.28. The first-order valence-corrected chi connectivity index (χ1v) is 3.64. The first-order chi connectivity index (χ1) is 4.22. The number of hydrogen-bond donors (Lipinski definition) is 0. The summed E-state index contributed by atoms with van der Waals surface area (Å²) in [4.78, 5) is 11.7. The van der Waals surface area contributed by atoms with Crippen molar-refractivity contribution >= 4 is 28.6 Å². The summed E-state index contributed by atoms with van der Waals surface area (Å²) in [6.45, 7) is 2.59. The van der Waals surface area contributed by atoms with E-state index in [0.717, 1.165) is 6.42 Å². The third-order valence-corrected chi connectivity index (χ3v) is 1.41. The van der Waals surface area contributed by atoms with Crippen LogP contribution in [0, 0.1) is 0 Å². The van der Waals surface area contributed by atoms with Gasteiger partial charge in [0.2, 0.25) is 0 Å². The molecule has 0 fully saturated rings. The first-order valence-electron chi connectivity index (χ1n) is 2.72. The monoisotopic (exact) mass is 169 g/mol. The van der Waals surface area contributed by atoms with Gasteiger partial charge >= 0.3 is 5.37 Å². The number of carbonyl (C=O) groups is 1. The fourth-order valence-electron chi connectivity index (χ4n) is 0.465. The number of nitrogens with zero attached hydrogens (tertiary/aromatic N) is 1. The highest BCUT2D eigenvalue weighted by molar-refractivity contribution is 6.63. The topological polar surface area (TPSA) is 20.3 Å². The van der Waals surface area contributed by atoms with E-state index >= 15 is 0 Å². The van der Waals surface area contributed by atoms with Gasteiger partial charge in [-0.05, 0) is 18.0 Å². The van der Waals surface area contributed by atoms with Crippen LogP contribution in [-0.2, 0) is 0 Å². The van der Waals surface area contributed by atoms with E-state index in [1.165, 1.54) is 4.90 Å². The summed E-state index contributed by atoms with van der Waals surface area (Å²) in [6.07, 6.45) is 0.880. The lowest BCUT2D eigenvalue weighted by molar-refractivity contribution is 0.229. The molecule has 0 saturated carbocycles. The summed E-state index contributed by atoms with van der Waals surface area (Å²) in [7, 11) is 0. The van der Waals surface area contributed by atoms with E-state index in [0.29, 0.717) is 6.54 Å². The normalized spacial score (nSPS) is 9.22. The molecule has 0 N–H and O–H groups in total. The number of carbonyl (C=O) groups excluding carboxylic acids is 1. The molecule has 1 amide bonds. The van der Waals surface area contributed by atoms with Crippen LogP contribution in [0.4, 0.5) is 4.79 Å². The quantitative estimate of drug-likeness (QED) is 0.361. The molecule has 0 unspecified atom stereocenters. The molecular formula is C5H9Cl2NO. The predicted molar refractivity (Wildman–Crippen MR) is 39.0 cm³/mol. The number of halogens is 2. The van der Waals surface area contributed by atoms with Crippen LogP contribution < -0.4 is 0 Å². The second-order valence-electron chi connectivity index (χ2n) is 1.64. The average Bonchev–Trinajstić information content (AvgIpc) is 1.82. The van der Waals surface area contributed by atoms with Crippen molar-refractivity contribution in [3.8, 4) is 0 Å². The van der Waals surface area contributed by atoms with Crippen LogP contribution in [0.3, 0.4) is 0 Å². The fourth-order valence-corrected chi connectivity index (χ4v) is 0.898. The van der Waals surface area contributed by atoms with E-state index in [1.807, 2.05) is 6.92 Å². The molecule has 9 heavy (non-hydrogen) atoms. The molecule has 0 aromatic rings. The maximum Gasteiger partial charge on any atom is 0.317 e. The Kier molecular flexibility index (Phi) is 4.91. The van der Waals surface area contributed by atoms with Gasteiger partial charge in [-0.2, -0.15) is 0 Å². The van der Waals surface area contributed by atoms with E-state index in [-0.39, 0.29) is 6.00 Å². The van der Waals surface area contributed by atoms with Crippen LogP contribution in [0.2, 0.25) is 0 Å². The van der Waals surface area contributed by atoms with Crippen LogP contribution in [0.1, 0.15) is 13.3 Å². The summed E-state index contributed by atoms with van der Waals surface area (Å²) >= 11 is 10.5. The van der Waals surface area contributed by atoms with E-state index < -0.39 is 5.37 Å². The minimum Gasteiger partial charge on any atom is -0.316 e. The summed E-state index contributed by atoms with van der Waals surface area (Å²) < 4.78 is 0. The molecule has 0 saturated heterocycles. The SMILES string of the molecule is CCCN(CCl)C(=O)Cl. The maximum absolute atomic E-state index is 10.4. The summed E-state index contributed by atoms with van der Waals surface area (Å²) in [6, 6.07) is 0.177. The molecule has 0 atom stereocenters. The van der Waals surface area contributed by atoms with Gasteiger partial charge in [0.25, 0.3) is 0 Å². The number of alkyl halides is 1. The van der Waals surface area contributed by atoms with Gasteiger partial charge in [-0.3, -0.25) is 4.79 Å². The number of amides is 1. The molecular weight excluding hydrogens is 161 g/mol. The molecule has 0 aliphatic carbocycles. The molecule has 54 valence electrons. The summed E-state index contributed by atoms with van der Waals surface area (Å²) in [5, 5.41) is -0.480. The standard InChI is InChI=1S/C5H9Cl2NO/c1-2-3-8(4-6)5(7)9/h2-4H2,1H3. The van der Waals surface area contributed by atoms with E-state index in [4.69, 9.17) is 23.2 Å². The van der Waals surface area contributed by atoms with Crippen LogP contribution in [0.25, 0.3) is 0 Å². The van der Waals surface area contributed by atoms with Crippen molar-refractivity contribution in [1.29, 1.82) is 0 Å².